The number of thiophene rings is 1. The van der Waals surface area contributed by atoms with Crippen LogP contribution in [0.2, 0.25) is 0 Å². The minimum Gasteiger partial charge on any atom is -0.293 e. The summed E-state index contributed by atoms with van der Waals surface area (Å²) >= 11 is 1.40. The van der Waals surface area contributed by atoms with Crippen LogP contribution in [-0.2, 0) is 0 Å². The van der Waals surface area contributed by atoms with E-state index in [4.69, 9.17) is 0 Å². The molecule has 1 aromatic heterocycles. The topological polar surface area (TPSA) is 17.1 Å². The van der Waals surface area contributed by atoms with Crippen molar-refractivity contribution in [1.29, 1.82) is 0 Å². The molecule has 0 spiro atoms. The van der Waals surface area contributed by atoms with Gasteiger partial charge in [-0.3, -0.25) is 4.79 Å². The Morgan fingerprint density at radius 1 is 1.10 bits per heavy atom. The van der Waals surface area contributed by atoms with E-state index in [-0.39, 0.29) is 11.6 Å². The van der Waals surface area contributed by atoms with E-state index >= 15 is 0 Å². The maximum absolute atomic E-state index is 13.1. The van der Waals surface area contributed by atoms with Crippen molar-refractivity contribution in [2.75, 3.05) is 0 Å². The van der Waals surface area contributed by atoms with Crippen molar-refractivity contribution in [3.05, 3.63) is 35.0 Å². The predicted molar refractivity (Wildman–Crippen MR) is 84.1 cm³/mol. The zero-order chi connectivity index (χ0) is 14.4. The molecule has 20 heavy (non-hydrogen) atoms. The van der Waals surface area contributed by atoms with E-state index < -0.39 is 0 Å². The van der Waals surface area contributed by atoms with Gasteiger partial charge in [-0.1, -0.05) is 45.1 Å². The Morgan fingerprint density at radius 3 is 2.65 bits per heavy atom. The number of hydrogen-bond acceptors (Lipinski definition) is 2. The van der Waals surface area contributed by atoms with Crippen LogP contribution < -0.4 is 0 Å². The quantitative estimate of drug-likeness (QED) is 0.432. The molecule has 1 aromatic carbocycles. The Bertz CT molecular complexity index is 573. The highest BCUT2D eigenvalue weighted by Gasteiger charge is 2.10. The highest BCUT2D eigenvalue weighted by atomic mass is 32.1. The summed E-state index contributed by atoms with van der Waals surface area (Å²) in [4.78, 5) is 12.9. The lowest BCUT2D eigenvalue weighted by Crippen LogP contribution is -1.95. The van der Waals surface area contributed by atoms with Gasteiger partial charge in [0.15, 0.2) is 5.78 Å². The molecule has 0 saturated heterocycles. The molecule has 2 rings (SSSR count). The monoisotopic (exact) mass is 292 g/mol. The fourth-order valence-corrected chi connectivity index (χ4v) is 3.39. The zero-order valence-corrected chi connectivity index (χ0v) is 12.8. The number of hydrogen-bond donors (Lipinski definition) is 0. The molecule has 1 nitrogen and oxygen atoms in total. The molecule has 2 aromatic rings. The zero-order valence-electron chi connectivity index (χ0n) is 12.0. The van der Waals surface area contributed by atoms with Crippen molar-refractivity contribution in [3.8, 4) is 0 Å². The van der Waals surface area contributed by atoms with Crippen LogP contribution >= 0.6 is 11.3 Å². The Hall–Kier alpha value is -1.22. The number of ketones is 1. The first-order valence-electron chi connectivity index (χ1n) is 7.43. The molecule has 0 aliphatic rings. The normalized spacial score (nSPS) is 11.1. The second-order valence-electron chi connectivity index (χ2n) is 5.23. The summed E-state index contributed by atoms with van der Waals surface area (Å²) in [6, 6.07) is 6.57. The van der Waals surface area contributed by atoms with E-state index in [0.717, 1.165) is 27.8 Å². The first-order valence-corrected chi connectivity index (χ1v) is 8.24. The van der Waals surface area contributed by atoms with Gasteiger partial charge in [-0.2, -0.15) is 0 Å². The van der Waals surface area contributed by atoms with E-state index in [1.165, 1.54) is 49.2 Å². The number of fused-ring (bicyclic) bond motifs is 1. The predicted octanol–water partition coefficient (Wildman–Crippen LogP) is 5.97. The van der Waals surface area contributed by atoms with Crippen molar-refractivity contribution in [3.63, 3.8) is 0 Å². The Labute approximate surface area is 123 Å². The standard InChI is InChI=1S/C17H21FOS/c1-2-3-4-5-6-7-8-15(19)17-11-13-9-10-14(18)12-16(13)20-17/h9-12H,2-8H2,1H3. The van der Waals surface area contributed by atoms with E-state index in [0.29, 0.717) is 6.42 Å². The molecule has 0 aliphatic heterocycles. The number of halogens is 1. The second kappa shape index (κ2) is 7.53. The Morgan fingerprint density at radius 2 is 1.85 bits per heavy atom. The number of Topliss-reactive ketones (excluding diaryl/α,β-unsaturated/α-hetero) is 1. The van der Waals surface area contributed by atoms with Crippen LogP contribution in [0.4, 0.5) is 4.39 Å². The van der Waals surface area contributed by atoms with Crippen molar-refractivity contribution in [2.45, 2.75) is 51.9 Å². The van der Waals surface area contributed by atoms with Crippen LogP contribution in [0.1, 0.15) is 61.5 Å². The van der Waals surface area contributed by atoms with Gasteiger partial charge in [0.05, 0.1) is 4.88 Å². The van der Waals surface area contributed by atoms with Crippen molar-refractivity contribution in [1.82, 2.24) is 0 Å². The van der Waals surface area contributed by atoms with Gasteiger partial charge in [0.1, 0.15) is 5.82 Å². The van der Waals surface area contributed by atoms with Crippen LogP contribution in [0.25, 0.3) is 10.1 Å². The smallest absolute Gasteiger partial charge is 0.172 e. The molecule has 0 fully saturated rings. The van der Waals surface area contributed by atoms with E-state index in [1.807, 2.05) is 6.07 Å². The third kappa shape index (κ3) is 4.14. The summed E-state index contributed by atoms with van der Waals surface area (Å²) in [5, 5.41) is 0.961. The Balaban J connectivity index is 1.85. The molecule has 0 N–H and O–H groups in total. The van der Waals surface area contributed by atoms with Gasteiger partial charge >= 0.3 is 0 Å². The van der Waals surface area contributed by atoms with E-state index in [2.05, 4.69) is 6.92 Å². The van der Waals surface area contributed by atoms with E-state index in [9.17, 15) is 9.18 Å². The summed E-state index contributed by atoms with van der Waals surface area (Å²) in [5.74, 6) is -0.0450. The van der Waals surface area contributed by atoms with Gasteiger partial charge in [0, 0.05) is 11.1 Å². The molecular weight excluding hydrogens is 271 g/mol. The molecule has 0 bridgehead atoms. The van der Waals surface area contributed by atoms with Crippen LogP contribution in [0.5, 0.6) is 0 Å². The molecule has 0 aliphatic carbocycles. The second-order valence-corrected chi connectivity index (χ2v) is 6.32. The summed E-state index contributed by atoms with van der Waals surface area (Å²) < 4.78 is 14.0. The first-order chi connectivity index (χ1) is 9.70. The SMILES string of the molecule is CCCCCCCCC(=O)c1cc2ccc(F)cc2s1. The van der Waals surface area contributed by atoms with Gasteiger partial charge < -0.3 is 0 Å². The van der Waals surface area contributed by atoms with E-state index in [1.54, 1.807) is 6.07 Å². The van der Waals surface area contributed by atoms with Gasteiger partial charge in [-0.05, 0) is 30.0 Å². The van der Waals surface area contributed by atoms with Crippen LogP contribution in [0.15, 0.2) is 24.3 Å². The fraction of sp³-hybridized carbons (Fsp3) is 0.471. The number of unbranched alkanes of at least 4 members (excludes halogenated alkanes) is 5. The number of carbonyl (C=O) groups excluding carboxylic acids is 1. The number of rotatable bonds is 8. The summed E-state index contributed by atoms with van der Waals surface area (Å²) in [5.41, 5.74) is 0. The molecule has 3 heteroatoms. The molecule has 0 atom stereocenters. The largest absolute Gasteiger partial charge is 0.293 e. The summed E-state index contributed by atoms with van der Waals surface area (Å²) in [7, 11) is 0. The third-order valence-corrected chi connectivity index (χ3v) is 4.65. The van der Waals surface area contributed by atoms with Gasteiger partial charge in [0.25, 0.3) is 0 Å². The maximum Gasteiger partial charge on any atom is 0.172 e. The molecular formula is C17H21FOS. The summed E-state index contributed by atoms with van der Waals surface area (Å²) in [6.07, 6.45) is 7.73. The van der Waals surface area contributed by atoms with Gasteiger partial charge in [-0.25, -0.2) is 4.39 Å². The Kier molecular flexibility index (Phi) is 5.72. The lowest BCUT2D eigenvalue weighted by Gasteiger charge is -1.99. The highest BCUT2D eigenvalue weighted by molar-refractivity contribution is 7.20. The van der Waals surface area contributed by atoms with Crippen LogP contribution in [-0.4, -0.2) is 5.78 Å². The summed E-state index contributed by atoms with van der Waals surface area (Å²) in [6.45, 7) is 2.20. The molecule has 0 amide bonds. The molecule has 0 saturated carbocycles. The molecule has 108 valence electrons. The maximum atomic E-state index is 13.1. The van der Waals surface area contributed by atoms with Crippen LogP contribution in [0.3, 0.4) is 0 Å². The van der Waals surface area contributed by atoms with Crippen LogP contribution in [0, 0.1) is 5.82 Å². The molecule has 0 radical (unpaired) electrons. The molecule has 0 unspecified atom stereocenters. The molecule has 1 heterocycles. The lowest BCUT2D eigenvalue weighted by atomic mass is 10.1. The average Bonchev–Trinajstić information content (AvgIpc) is 2.85. The number of benzene rings is 1. The lowest BCUT2D eigenvalue weighted by molar-refractivity contribution is 0.0983. The average molecular weight is 292 g/mol. The minimum absolute atomic E-state index is 0.196. The highest BCUT2D eigenvalue weighted by Crippen LogP contribution is 2.27. The van der Waals surface area contributed by atoms with Crippen molar-refractivity contribution < 1.29 is 9.18 Å². The van der Waals surface area contributed by atoms with Crippen molar-refractivity contribution in [2.24, 2.45) is 0 Å². The van der Waals surface area contributed by atoms with Crippen molar-refractivity contribution >= 4 is 27.2 Å². The van der Waals surface area contributed by atoms with Gasteiger partial charge in [-0.15, -0.1) is 11.3 Å². The van der Waals surface area contributed by atoms with Gasteiger partial charge in [0.2, 0.25) is 0 Å². The fourth-order valence-electron chi connectivity index (χ4n) is 2.33. The first kappa shape index (κ1) is 15.2. The number of carbonyl (C=O) groups is 1. The third-order valence-electron chi connectivity index (χ3n) is 3.51. The minimum atomic E-state index is -0.241.